The van der Waals surface area contributed by atoms with E-state index in [1.165, 1.54) is 7.11 Å². The molecule has 3 nitrogen and oxygen atoms in total. The fourth-order valence-electron chi connectivity index (χ4n) is 1.61. The second-order valence-corrected chi connectivity index (χ2v) is 4.42. The van der Waals surface area contributed by atoms with Crippen molar-refractivity contribution >= 4 is 5.97 Å². The van der Waals surface area contributed by atoms with Crippen molar-refractivity contribution in [3.63, 3.8) is 0 Å². The van der Waals surface area contributed by atoms with Gasteiger partial charge in [0.05, 0.1) is 18.6 Å². The average molecular weight is 222 g/mol. The molecule has 1 atom stereocenters. The Morgan fingerprint density at radius 2 is 1.94 bits per heavy atom. The number of benzene rings is 1. The lowest BCUT2D eigenvalue weighted by Crippen LogP contribution is -2.39. The molecule has 0 radical (unpaired) electrons. The van der Waals surface area contributed by atoms with Gasteiger partial charge in [0, 0.05) is 0 Å². The molecule has 0 aliphatic heterocycles. The molecule has 0 heterocycles. The van der Waals surface area contributed by atoms with Crippen LogP contribution in [0.25, 0.3) is 0 Å². The molecule has 1 N–H and O–H groups in total. The molecule has 0 saturated carbocycles. The predicted octanol–water partition coefficient (Wildman–Crippen LogP) is 1.79. The first kappa shape index (κ1) is 12.7. The number of ether oxygens (including phenoxy) is 1. The van der Waals surface area contributed by atoms with Crippen LogP contribution in [0, 0.1) is 5.92 Å². The number of hydrogen-bond acceptors (Lipinski definition) is 3. The summed E-state index contributed by atoms with van der Waals surface area (Å²) in [7, 11) is 1.34. The van der Waals surface area contributed by atoms with Crippen LogP contribution in [0.3, 0.4) is 0 Å². The molecular formula is C13H18O3. The van der Waals surface area contributed by atoms with Crippen LogP contribution in [-0.4, -0.2) is 23.8 Å². The fraction of sp³-hybridized carbons (Fsp3) is 0.462. The largest absolute Gasteiger partial charge is 0.469 e. The third-order valence-electron chi connectivity index (χ3n) is 2.62. The second-order valence-electron chi connectivity index (χ2n) is 4.42. The van der Waals surface area contributed by atoms with Gasteiger partial charge in [-0.1, -0.05) is 30.3 Å². The van der Waals surface area contributed by atoms with Crippen molar-refractivity contribution in [2.24, 2.45) is 5.92 Å². The van der Waals surface area contributed by atoms with Crippen LogP contribution in [0.4, 0.5) is 0 Å². The summed E-state index contributed by atoms with van der Waals surface area (Å²) in [6, 6.07) is 9.60. The Kier molecular flexibility index (Phi) is 4.07. The Morgan fingerprint density at radius 3 is 2.38 bits per heavy atom. The summed E-state index contributed by atoms with van der Waals surface area (Å²) in [6.07, 6.45) is 0.483. The summed E-state index contributed by atoms with van der Waals surface area (Å²) < 4.78 is 4.71. The van der Waals surface area contributed by atoms with Crippen LogP contribution in [0.5, 0.6) is 0 Å². The number of rotatable bonds is 4. The zero-order chi connectivity index (χ0) is 12.2. The lowest BCUT2D eigenvalue weighted by molar-refractivity contribution is -0.153. The van der Waals surface area contributed by atoms with Gasteiger partial charge >= 0.3 is 5.97 Å². The predicted molar refractivity (Wildman–Crippen MR) is 61.9 cm³/mol. The van der Waals surface area contributed by atoms with Gasteiger partial charge in [0.2, 0.25) is 0 Å². The molecule has 0 amide bonds. The minimum Gasteiger partial charge on any atom is -0.469 e. The number of aliphatic hydroxyl groups is 1. The van der Waals surface area contributed by atoms with Crippen molar-refractivity contribution in [2.45, 2.75) is 25.9 Å². The minimum absolute atomic E-state index is 0.378. The van der Waals surface area contributed by atoms with Gasteiger partial charge in [0.1, 0.15) is 0 Å². The molecule has 16 heavy (non-hydrogen) atoms. The molecule has 0 aliphatic rings. The SMILES string of the molecule is COC(=O)[C@H](Cc1ccccc1)C(C)(C)O. The maximum absolute atomic E-state index is 11.6. The highest BCUT2D eigenvalue weighted by Crippen LogP contribution is 2.22. The molecule has 1 aromatic carbocycles. The molecule has 0 aliphatic carbocycles. The topological polar surface area (TPSA) is 46.5 Å². The molecule has 0 fully saturated rings. The van der Waals surface area contributed by atoms with E-state index in [-0.39, 0.29) is 5.97 Å². The van der Waals surface area contributed by atoms with E-state index in [1.54, 1.807) is 13.8 Å². The van der Waals surface area contributed by atoms with Crippen molar-refractivity contribution in [1.29, 1.82) is 0 Å². The van der Waals surface area contributed by atoms with Crippen molar-refractivity contribution < 1.29 is 14.6 Å². The van der Waals surface area contributed by atoms with Crippen molar-refractivity contribution in [1.82, 2.24) is 0 Å². The molecule has 1 aromatic rings. The summed E-state index contributed by atoms with van der Waals surface area (Å²) in [5.41, 5.74) is -0.0665. The van der Waals surface area contributed by atoms with Crippen molar-refractivity contribution in [3.05, 3.63) is 35.9 Å². The van der Waals surface area contributed by atoms with E-state index in [2.05, 4.69) is 0 Å². The molecule has 0 aromatic heterocycles. The second kappa shape index (κ2) is 5.12. The minimum atomic E-state index is -1.08. The standard InChI is InChI=1S/C13H18O3/c1-13(2,15)11(12(14)16-3)9-10-7-5-4-6-8-10/h4-8,11,15H,9H2,1-3H3/t11-/m0/s1. The first-order valence-corrected chi connectivity index (χ1v) is 5.29. The Labute approximate surface area is 96.1 Å². The number of methoxy groups -OCH3 is 1. The van der Waals surface area contributed by atoms with Crippen LogP contribution in [0.2, 0.25) is 0 Å². The first-order chi connectivity index (χ1) is 7.45. The maximum atomic E-state index is 11.6. The maximum Gasteiger partial charge on any atom is 0.311 e. The van der Waals surface area contributed by atoms with Gasteiger partial charge in [-0.2, -0.15) is 0 Å². The Hall–Kier alpha value is -1.35. The van der Waals surface area contributed by atoms with E-state index in [9.17, 15) is 9.90 Å². The fourth-order valence-corrected chi connectivity index (χ4v) is 1.61. The first-order valence-electron chi connectivity index (χ1n) is 5.29. The third kappa shape index (κ3) is 3.35. The van der Waals surface area contributed by atoms with E-state index in [0.717, 1.165) is 5.56 Å². The van der Waals surface area contributed by atoms with Crippen LogP contribution in [0.1, 0.15) is 19.4 Å². The monoisotopic (exact) mass is 222 g/mol. The molecule has 0 unspecified atom stereocenters. The van der Waals surface area contributed by atoms with Gasteiger partial charge in [-0.15, -0.1) is 0 Å². The zero-order valence-electron chi connectivity index (χ0n) is 9.93. The summed E-state index contributed by atoms with van der Waals surface area (Å²) in [5, 5.41) is 9.94. The summed E-state index contributed by atoms with van der Waals surface area (Å²) in [4.78, 5) is 11.6. The van der Waals surface area contributed by atoms with E-state index in [1.807, 2.05) is 30.3 Å². The Bertz CT molecular complexity index is 338. The number of carbonyl (C=O) groups excluding carboxylic acids is 1. The summed E-state index contributed by atoms with van der Waals surface area (Å²) in [6.45, 7) is 3.25. The molecule has 88 valence electrons. The average Bonchev–Trinajstić information content (AvgIpc) is 2.25. The number of hydrogen-bond donors (Lipinski definition) is 1. The molecule has 0 saturated heterocycles. The van der Waals surface area contributed by atoms with Gasteiger partial charge < -0.3 is 9.84 Å². The lowest BCUT2D eigenvalue weighted by atomic mass is 9.85. The molecule has 1 rings (SSSR count). The number of carbonyl (C=O) groups is 1. The normalized spacial score (nSPS) is 13.2. The van der Waals surface area contributed by atoms with Crippen LogP contribution in [0.15, 0.2) is 30.3 Å². The highest BCUT2D eigenvalue weighted by Gasteiger charge is 2.34. The van der Waals surface area contributed by atoms with Crippen LogP contribution < -0.4 is 0 Å². The van der Waals surface area contributed by atoms with Gasteiger partial charge in [-0.3, -0.25) is 4.79 Å². The Morgan fingerprint density at radius 1 is 1.38 bits per heavy atom. The molecule has 0 bridgehead atoms. The van der Waals surface area contributed by atoms with E-state index >= 15 is 0 Å². The summed E-state index contributed by atoms with van der Waals surface area (Å²) >= 11 is 0. The van der Waals surface area contributed by atoms with Gasteiger partial charge in [0.25, 0.3) is 0 Å². The van der Waals surface area contributed by atoms with Crippen LogP contribution >= 0.6 is 0 Å². The van der Waals surface area contributed by atoms with Gasteiger partial charge in [-0.05, 0) is 25.8 Å². The third-order valence-corrected chi connectivity index (χ3v) is 2.62. The molecular weight excluding hydrogens is 204 g/mol. The van der Waals surface area contributed by atoms with Gasteiger partial charge in [-0.25, -0.2) is 0 Å². The van der Waals surface area contributed by atoms with E-state index < -0.39 is 11.5 Å². The molecule has 3 heteroatoms. The van der Waals surface area contributed by atoms with E-state index in [4.69, 9.17) is 4.74 Å². The zero-order valence-corrected chi connectivity index (χ0v) is 9.93. The smallest absolute Gasteiger partial charge is 0.311 e. The van der Waals surface area contributed by atoms with Gasteiger partial charge in [0.15, 0.2) is 0 Å². The van der Waals surface area contributed by atoms with E-state index in [0.29, 0.717) is 6.42 Å². The quantitative estimate of drug-likeness (QED) is 0.790. The molecule has 0 spiro atoms. The summed E-state index contributed by atoms with van der Waals surface area (Å²) in [5.74, 6) is -0.920. The van der Waals surface area contributed by atoms with Crippen molar-refractivity contribution in [2.75, 3.05) is 7.11 Å². The van der Waals surface area contributed by atoms with Crippen molar-refractivity contribution in [3.8, 4) is 0 Å². The lowest BCUT2D eigenvalue weighted by Gasteiger charge is -2.27. The highest BCUT2D eigenvalue weighted by atomic mass is 16.5. The Balaban J connectivity index is 2.84. The van der Waals surface area contributed by atoms with Crippen LogP contribution in [-0.2, 0) is 16.0 Å². The highest BCUT2D eigenvalue weighted by molar-refractivity contribution is 5.74. The number of esters is 1.